The highest BCUT2D eigenvalue weighted by atomic mass is 16.3. The van der Waals surface area contributed by atoms with E-state index in [2.05, 4.69) is 10.3 Å². The second kappa shape index (κ2) is 8.73. The lowest BCUT2D eigenvalue weighted by molar-refractivity contribution is -0.123. The zero-order valence-electron chi connectivity index (χ0n) is 16.0. The van der Waals surface area contributed by atoms with Crippen molar-refractivity contribution < 1.29 is 14.0 Å². The first-order chi connectivity index (χ1) is 14.2. The van der Waals surface area contributed by atoms with Crippen molar-refractivity contribution in [2.45, 2.75) is 37.8 Å². The number of carbonyl (C=O) groups excluding carboxylic acids is 2. The second-order valence-corrected chi connectivity index (χ2v) is 7.17. The molecule has 6 nitrogen and oxygen atoms in total. The highest BCUT2D eigenvalue weighted by Gasteiger charge is 2.35. The smallest absolute Gasteiger partial charge is 0.294 e. The molecule has 0 spiro atoms. The van der Waals surface area contributed by atoms with Gasteiger partial charge in [0.1, 0.15) is 6.04 Å². The minimum absolute atomic E-state index is 0.137. The molecule has 2 amide bonds. The number of benzene rings is 1. The third-order valence-electron chi connectivity index (χ3n) is 5.19. The van der Waals surface area contributed by atoms with Crippen LogP contribution in [0.2, 0.25) is 0 Å². The van der Waals surface area contributed by atoms with Gasteiger partial charge in [-0.1, -0.05) is 37.1 Å². The summed E-state index contributed by atoms with van der Waals surface area (Å²) in [5, 5.41) is 3.14. The van der Waals surface area contributed by atoms with Crippen LogP contribution in [0, 0.1) is 0 Å². The predicted octanol–water partition coefficient (Wildman–Crippen LogP) is 4.12. The van der Waals surface area contributed by atoms with Crippen molar-refractivity contribution in [1.29, 1.82) is 0 Å². The Morgan fingerprint density at radius 2 is 1.83 bits per heavy atom. The lowest BCUT2D eigenvalue weighted by Gasteiger charge is -2.31. The van der Waals surface area contributed by atoms with Crippen LogP contribution in [0.15, 0.2) is 77.7 Å². The van der Waals surface area contributed by atoms with Gasteiger partial charge in [-0.3, -0.25) is 19.5 Å². The number of para-hydroxylation sites is 1. The third-order valence-corrected chi connectivity index (χ3v) is 5.19. The Bertz CT molecular complexity index is 936. The Kier molecular flexibility index (Phi) is 5.70. The zero-order valence-corrected chi connectivity index (χ0v) is 16.0. The van der Waals surface area contributed by atoms with Gasteiger partial charge in [-0.05, 0) is 43.2 Å². The number of rotatable bonds is 6. The minimum Gasteiger partial charge on any atom is -0.459 e. The fourth-order valence-corrected chi connectivity index (χ4v) is 3.80. The molecule has 0 saturated heterocycles. The van der Waals surface area contributed by atoms with Crippen LogP contribution in [0.1, 0.15) is 47.8 Å². The van der Waals surface area contributed by atoms with Crippen LogP contribution >= 0.6 is 0 Å². The maximum absolute atomic E-state index is 13.4. The molecule has 1 aliphatic carbocycles. The number of furan rings is 1. The monoisotopic (exact) mass is 389 g/mol. The molecule has 2 aromatic heterocycles. The maximum atomic E-state index is 13.4. The van der Waals surface area contributed by atoms with Gasteiger partial charge in [-0.25, -0.2) is 0 Å². The number of aromatic nitrogens is 1. The summed E-state index contributed by atoms with van der Waals surface area (Å²) in [7, 11) is 0. The first kappa shape index (κ1) is 18.9. The molecule has 1 aliphatic rings. The normalized spacial score (nSPS) is 15.0. The van der Waals surface area contributed by atoms with E-state index in [0.29, 0.717) is 11.3 Å². The summed E-state index contributed by atoms with van der Waals surface area (Å²) in [6, 6.07) is 15.3. The largest absolute Gasteiger partial charge is 0.459 e. The van der Waals surface area contributed by atoms with Crippen LogP contribution in [0.25, 0.3) is 0 Å². The number of amides is 2. The number of hydrogen-bond acceptors (Lipinski definition) is 4. The Hall–Kier alpha value is -3.41. The van der Waals surface area contributed by atoms with E-state index in [1.165, 1.54) is 11.2 Å². The molecule has 2 heterocycles. The molecule has 1 aromatic carbocycles. The van der Waals surface area contributed by atoms with Crippen LogP contribution in [0.5, 0.6) is 0 Å². The molecule has 0 bridgehead atoms. The van der Waals surface area contributed by atoms with E-state index < -0.39 is 6.04 Å². The molecule has 1 fully saturated rings. The van der Waals surface area contributed by atoms with Gasteiger partial charge < -0.3 is 9.73 Å². The number of pyridine rings is 1. The van der Waals surface area contributed by atoms with Gasteiger partial charge in [-0.2, -0.15) is 0 Å². The van der Waals surface area contributed by atoms with Gasteiger partial charge in [0.05, 0.1) is 6.26 Å². The van der Waals surface area contributed by atoms with E-state index in [0.717, 1.165) is 25.7 Å². The second-order valence-electron chi connectivity index (χ2n) is 7.17. The summed E-state index contributed by atoms with van der Waals surface area (Å²) in [5.74, 6) is -0.415. The molecule has 1 saturated carbocycles. The summed E-state index contributed by atoms with van der Waals surface area (Å²) in [4.78, 5) is 32.5. The number of carbonyl (C=O) groups is 2. The van der Waals surface area contributed by atoms with Gasteiger partial charge in [0.25, 0.3) is 5.91 Å². The Morgan fingerprint density at radius 1 is 1.03 bits per heavy atom. The van der Waals surface area contributed by atoms with Gasteiger partial charge in [0, 0.05) is 29.7 Å². The molecule has 0 radical (unpaired) electrons. The van der Waals surface area contributed by atoms with Crippen molar-refractivity contribution >= 4 is 17.5 Å². The lowest BCUT2D eigenvalue weighted by Crippen LogP contribution is -2.46. The molecule has 29 heavy (non-hydrogen) atoms. The molecule has 4 rings (SSSR count). The summed E-state index contributed by atoms with van der Waals surface area (Å²) < 4.78 is 5.36. The zero-order chi connectivity index (χ0) is 20.1. The topological polar surface area (TPSA) is 75.4 Å². The molecule has 0 aliphatic heterocycles. The average molecular weight is 389 g/mol. The van der Waals surface area contributed by atoms with Crippen molar-refractivity contribution in [3.8, 4) is 0 Å². The van der Waals surface area contributed by atoms with Crippen molar-refractivity contribution in [1.82, 2.24) is 10.3 Å². The fourth-order valence-electron chi connectivity index (χ4n) is 3.80. The summed E-state index contributed by atoms with van der Waals surface area (Å²) >= 11 is 0. The summed E-state index contributed by atoms with van der Waals surface area (Å²) in [6.45, 7) is 0. The number of nitrogens with one attached hydrogen (secondary N) is 1. The number of hydrogen-bond donors (Lipinski definition) is 1. The van der Waals surface area contributed by atoms with E-state index in [9.17, 15) is 9.59 Å². The Labute approximate surface area is 169 Å². The molecule has 6 heteroatoms. The summed E-state index contributed by atoms with van der Waals surface area (Å²) in [6.07, 6.45) is 8.87. The van der Waals surface area contributed by atoms with Gasteiger partial charge >= 0.3 is 0 Å². The maximum Gasteiger partial charge on any atom is 0.294 e. The SMILES string of the molecule is O=C(NC1CCCC1)C(c1cccnc1)N(C(=O)c1ccco1)c1ccccc1. The van der Waals surface area contributed by atoms with Crippen molar-refractivity contribution in [3.05, 3.63) is 84.6 Å². The first-order valence-electron chi connectivity index (χ1n) is 9.86. The predicted molar refractivity (Wildman–Crippen MR) is 109 cm³/mol. The summed E-state index contributed by atoms with van der Waals surface area (Å²) in [5.41, 5.74) is 1.26. The fraction of sp³-hybridized carbons (Fsp3) is 0.261. The highest BCUT2D eigenvalue weighted by molar-refractivity contribution is 6.08. The molecular formula is C23H23N3O3. The van der Waals surface area contributed by atoms with Crippen LogP contribution in [0.3, 0.4) is 0 Å². The molecule has 1 unspecified atom stereocenters. The minimum atomic E-state index is -0.857. The van der Waals surface area contributed by atoms with Gasteiger partial charge in [0.15, 0.2) is 5.76 Å². The molecule has 1 N–H and O–H groups in total. The Balaban J connectivity index is 1.77. The number of nitrogens with zero attached hydrogens (tertiary/aromatic N) is 2. The molecular weight excluding hydrogens is 366 g/mol. The third kappa shape index (κ3) is 4.21. The van der Waals surface area contributed by atoms with Crippen molar-refractivity contribution in [2.24, 2.45) is 0 Å². The average Bonchev–Trinajstić information content (AvgIpc) is 3.47. The van der Waals surface area contributed by atoms with Crippen LogP contribution in [-0.4, -0.2) is 22.8 Å². The van der Waals surface area contributed by atoms with Crippen LogP contribution in [0.4, 0.5) is 5.69 Å². The van der Waals surface area contributed by atoms with Crippen molar-refractivity contribution in [2.75, 3.05) is 4.90 Å². The van der Waals surface area contributed by atoms with Gasteiger partial charge in [-0.15, -0.1) is 0 Å². The quantitative estimate of drug-likeness (QED) is 0.688. The Morgan fingerprint density at radius 3 is 2.48 bits per heavy atom. The van der Waals surface area contributed by atoms with Gasteiger partial charge in [0.2, 0.25) is 5.91 Å². The van der Waals surface area contributed by atoms with E-state index >= 15 is 0 Å². The van der Waals surface area contributed by atoms with Crippen LogP contribution < -0.4 is 10.2 Å². The standard InChI is InChI=1S/C23H23N3O3/c27-22(25-18-9-4-5-10-18)21(17-8-6-14-24-16-17)26(19-11-2-1-3-12-19)23(28)20-13-7-15-29-20/h1-3,6-8,11-16,18,21H,4-5,9-10H2,(H,25,27). The lowest BCUT2D eigenvalue weighted by atomic mass is 10.0. The number of anilines is 1. The highest BCUT2D eigenvalue weighted by Crippen LogP contribution is 2.30. The molecule has 148 valence electrons. The van der Waals surface area contributed by atoms with E-state index in [-0.39, 0.29) is 23.6 Å². The van der Waals surface area contributed by atoms with Crippen molar-refractivity contribution in [3.63, 3.8) is 0 Å². The van der Waals surface area contributed by atoms with E-state index in [4.69, 9.17) is 4.42 Å². The molecule has 1 atom stereocenters. The molecule has 3 aromatic rings. The van der Waals surface area contributed by atoms with E-state index in [1.54, 1.807) is 30.6 Å². The van der Waals surface area contributed by atoms with E-state index in [1.807, 2.05) is 36.4 Å². The van der Waals surface area contributed by atoms with Crippen LogP contribution in [-0.2, 0) is 4.79 Å². The first-order valence-corrected chi connectivity index (χ1v) is 9.86.